The molecular formula is C18H25N3O3. The first kappa shape index (κ1) is 17.8. The Morgan fingerprint density at radius 1 is 1.29 bits per heavy atom. The molecule has 0 aliphatic rings. The van der Waals surface area contributed by atoms with Crippen LogP contribution in [0.25, 0.3) is 0 Å². The Kier molecular flexibility index (Phi) is 5.84. The predicted octanol–water partition coefficient (Wildman–Crippen LogP) is 3.15. The Balaban J connectivity index is 2.18. The van der Waals surface area contributed by atoms with E-state index < -0.39 is 0 Å². The van der Waals surface area contributed by atoms with E-state index >= 15 is 0 Å². The fourth-order valence-electron chi connectivity index (χ4n) is 2.40. The number of hydrogen-bond acceptors (Lipinski definition) is 5. The number of hydrogen-bond donors (Lipinski definition) is 1. The molecule has 0 fully saturated rings. The molecule has 0 unspecified atom stereocenters. The minimum absolute atomic E-state index is 0.0422. The van der Waals surface area contributed by atoms with Crippen LogP contribution >= 0.6 is 0 Å². The molecule has 1 N–H and O–H groups in total. The maximum absolute atomic E-state index is 12.3. The van der Waals surface area contributed by atoms with Crippen molar-refractivity contribution >= 4 is 5.69 Å². The molecule has 0 saturated carbocycles. The first-order valence-corrected chi connectivity index (χ1v) is 8.09. The lowest BCUT2D eigenvalue weighted by atomic mass is 10.2. The van der Waals surface area contributed by atoms with Crippen LogP contribution < -0.4 is 20.3 Å². The van der Waals surface area contributed by atoms with Gasteiger partial charge < -0.3 is 14.8 Å². The average Bonchev–Trinajstić information content (AvgIpc) is 2.56. The second kappa shape index (κ2) is 7.86. The molecule has 6 nitrogen and oxygen atoms in total. The molecule has 0 aliphatic heterocycles. The van der Waals surface area contributed by atoms with Crippen molar-refractivity contribution in [3.63, 3.8) is 0 Å². The third-order valence-corrected chi connectivity index (χ3v) is 3.74. The van der Waals surface area contributed by atoms with E-state index in [4.69, 9.17) is 9.47 Å². The van der Waals surface area contributed by atoms with Gasteiger partial charge >= 0.3 is 0 Å². The number of benzene rings is 1. The van der Waals surface area contributed by atoms with Gasteiger partial charge in [-0.2, -0.15) is 5.10 Å². The minimum atomic E-state index is -0.0697. The molecule has 130 valence electrons. The third-order valence-electron chi connectivity index (χ3n) is 3.74. The minimum Gasteiger partial charge on any atom is -0.493 e. The van der Waals surface area contributed by atoms with Crippen LogP contribution in [0.1, 0.15) is 37.9 Å². The summed E-state index contributed by atoms with van der Waals surface area (Å²) in [7, 11) is 1.62. The van der Waals surface area contributed by atoms with Crippen LogP contribution in [0.3, 0.4) is 0 Å². The zero-order chi connectivity index (χ0) is 17.7. The maximum atomic E-state index is 12.3. The van der Waals surface area contributed by atoms with Crippen molar-refractivity contribution in [2.75, 3.05) is 19.0 Å². The molecule has 2 rings (SSSR count). The summed E-state index contributed by atoms with van der Waals surface area (Å²) >= 11 is 0. The van der Waals surface area contributed by atoms with Crippen molar-refractivity contribution in [2.45, 2.75) is 40.3 Å². The van der Waals surface area contributed by atoms with Crippen molar-refractivity contribution in [2.24, 2.45) is 0 Å². The Morgan fingerprint density at radius 3 is 2.67 bits per heavy atom. The lowest BCUT2D eigenvalue weighted by Crippen LogP contribution is -2.27. The molecule has 1 aromatic carbocycles. The van der Waals surface area contributed by atoms with E-state index in [1.54, 1.807) is 13.3 Å². The topological polar surface area (TPSA) is 65.4 Å². The van der Waals surface area contributed by atoms with Gasteiger partial charge in [-0.25, -0.2) is 4.68 Å². The summed E-state index contributed by atoms with van der Waals surface area (Å²) < 4.78 is 12.4. The summed E-state index contributed by atoms with van der Waals surface area (Å²) in [6.07, 6.45) is 1.70. The number of rotatable bonds is 7. The van der Waals surface area contributed by atoms with Gasteiger partial charge in [-0.05, 0) is 45.4 Å². The summed E-state index contributed by atoms with van der Waals surface area (Å²) in [5.74, 6) is 1.42. The SMILES string of the molecule is CCOc1cc(CNc2cnn(C(C)C)c(=O)c2C)ccc1OC. The molecule has 0 bridgehead atoms. The molecule has 1 heterocycles. The van der Waals surface area contributed by atoms with Crippen molar-refractivity contribution in [3.05, 3.63) is 45.9 Å². The fraction of sp³-hybridized carbons (Fsp3) is 0.444. The molecule has 24 heavy (non-hydrogen) atoms. The number of nitrogens with one attached hydrogen (secondary N) is 1. The second-order valence-electron chi connectivity index (χ2n) is 5.80. The van der Waals surface area contributed by atoms with Gasteiger partial charge in [0.05, 0.1) is 31.6 Å². The summed E-state index contributed by atoms with van der Waals surface area (Å²) in [4.78, 5) is 12.3. The van der Waals surface area contributed by atoms with Crippen molar-refractivity contribution in [3.8, 4) is 11.5 Å². The molecule has 1 aromatic heterocycles. The molecule has 0 aliphatic carbocycles. The monoisotopic (exact) mass is 331 g/mol. The van der Waals surface area contributed by atoms with Crippen LogP contribution in [-0.2, 0) is 6.54 Å². The van der Waals surface area contributed by atoms with Crippen molar-refractivity contribution in [1.82, 2.24) is 9.78 Å². The van der Waals surface area contributed by atoms with Gasteiger partial charge in [0.2, 0.25) is 0 Å². The van der Waals surface area contributed by atoms with E-state index in [0.717, 1.165) is 11.3 Å². The van der Waals surface area contributed by atoms with Crippen molar-refractivity contribution < 1.29 is 9.47 Å². The van der Waals surface area contributed by atoms with E-state index in [1.165, 1.54) is 4.68 Å². The Labute approximate surface area is 142 Å². The summed E-state index contributed by atoms with van der Waals surface area (Å²) in [6, 6.07) is 5.82. The molecule has 0 radical (unpaired) electrons. The summed E-state index contributed by atoms with van der Waals surface area (Å²) in [5.41, 5.74) is 2.37. The highest BCUT2D eigenvalue weighted by Crippen LogP contribution is 2.28. The molecule has 0 spiro atoms. The van der Waals surface area contributed by atoms with Gasteiger partial charge in [-0.1, -0.05) is 6.07 Å². The van der Waals surface area contributed by atoms with Gasteiger partial charge in [0, 0.05) is 12.1 Å². The lowest BCUT2D eigenvalue weighted by molar-refractivity contribution is 0.310. The van der Waals surface area contributed by atoms with E-state index in [9.17, 15) is 4.79 Å². The average molecular weight is 331 g/mol. The van der Waals surface area contributed by atoms with Crippen LogP contribution in [0.15, 0.2) is 29.2 Å². The highest BCUT2D eigenvalue weighted by molar-refractivity contribution is 5.49. The van der Waals surface area contributed by atoms with E-state index in [1.807, 2.05) is 45.9 Å². The Morgan fingerprint density at radius 2 is 2.04 bits per heavy atom. The van der Waals surface area contributed by atoms with Crippen LogP contribution in [-0.4, -0.2) is 23.5 Å². The Bertz CT molecular complexity index is 754. The van der Waals surface area contributed by atoms with Gasteiger partial charge in [-0.3, -0.25) is 4.79 Å². The first-order chi connectivity index (χ1) is 11.5. The van der Waals surface area contributed by atoms with Gasteiger partial charge in [0.15, 0.2) is 11.5 Å². The molecule has 0 saturated heterocycles. The molecule has 0 atom stereocenters. The van der Waals surface area contributed by atoms with E-state index in [2.05, 4.69) is 10.4 Å². The maximum Gasteiger partial charge on any atom is 0.271 e. The second-order valence-corrected chi connectivity index (χ2v) is 5.80. The molecule has 6 heteroatoms. The number of methoxy groups -OCH3 is 1. The fourth-order valence-corrected chi connectivity index (χ4v) is 2.40. The Hall–Kier alpha value is -2.50. The summed E-state index contributed by atoms with van der Waals surface area (Å²) in [5, 5.41) is 7.49. The standard InChI is InChI=1S/C18H25N3O3/c1-6-24-17-9-14(7-8-16(17)23-5)10-19-15-11-20-21(12(2)3)18(22)13(15)4/h7-9,11-12,19H,6,10H2,1-5H3. The summed E-state index contributed by atoms with van der Waals surface area (Å²) in [6.45, 7) is 8.76. The largest absolute Gasteiger partial charge is 0.493 e. The highest BCUT2D eigenvalue weighted by Gasteiger charge is 2.10. The molecular weight excluding hydrogens is 306 g/mol. The lowest BCUT2D eigenvalue weighted by Gasteiger charge is -2.14. The van der Waals surface area contributed by atoms with Crippen LogP contribution in [0.4, 0.5) is 5.69 Å². The molecule has 2 aromatic rings. The zero-order valence-electron chi connectivity index (χ0n) is 14.9. The van der Waals surface area contributed by atoms with Crippen LogP contribution in [0, 0.1) is 6.92 Å². The van der Waals surface area contributed by atoms with Gasteiger partial charge in [-0.15, -0.1) is 0 Å². The quantitative estimate of drug-likeness (QED) is 0.844. The molecule has 0 amide bonds. The number of aromatic nitrogens is 2. The first-order valence-electron chi connectivity index (χ1n) is 8.09. The van der Waals surface area contributed by atoms with Gasteiger partial charge in [0.1, 0.15) is 0 Å². The smallest absolute Gasteiger partial charge is 0.271 e. The zero-order valence-corrected chi connectivity index (χ0v) is 14.9. The number of nitrogens with zero attached hydrogens (tertiary/aromatic N) is 2. The normalized spacial score (nSPS) is 10.8. The van der Waals surface area contributed by atoms with Crippen LogP contribution in [0.5, 0.6) is 11.5 Å². The number of anilines is 1. The van der Waals surface area contributed by atoms with Gasteiger partial charge in [0.25, 0.3) is 5.56 Å². The van der Waals surface area contributed by atoms with Crippen LogP contribution in [0.2, 0.25) is 0 Å². The highest BCUT2D eigenvalue weighted by atomic mass is 16.5. The number of ether oxygens (including phenoxy) is 2. The van der Waals surface area contributed by atoms with E-state index in [-0.39, 0.29) is 11.6 Å². The van der Waals surface area contributed by atoms with Crippen molar-refractivity contribution in [1.29, 1.82) is 0 Å². The predicted molar refractivity (Wildman–Crippen MR) is 95.1 cm³/mol. The van der Waals surface area contributed by atoms with E-state index in [0.29, 0.717) is 30.2 Å². The third kappa shape index (κ3) is 3.88.